The molecule has 0 spiro atoms. The summed E-state index contributed by atoms with van der Waals surface area (Å²) in [5.74, 6) is 0.984. The van der Waals surface area contributed by atoms with Crippen molar-refractivity contribution in [1.29, 1.82) is 0 Å². The highest BCUT2D eigenvalue weighted by Crippen LogP contribution is 2.24. The molecular formula is C17H24BrNO. The Morgan fingerprint density at radius 3 is 2.70 bits per heavy atom. The molecule has 0 aromatic heterocycles. The normalized spacial score (nSPS) is 19.7. The second-order valence-corrected chi connectivity index (χ2v) is 6.94. The Hall–Kier alpha value is -0.670. The van der Waals surface area contributed by atoms with Gasteiger partial charge in [-0.15, -0.1) is 0 Å². The Balaban J connectivity index is 1.78. The molecule has 1 aliphatic heterocycles. The van der Waals surface area contributed by atoms with E-state index in [0.29, 0.717) is 6.42 Å². The molecule has 2 nitrogen and oxygen atoms in total. The predicted octanol–water partition coefficient (Wildman–Crippen LogP) is 4.53. The zero-order chi connectivity index (χ0) is 14.5. The molecule has 20 heavy (non-hydrogen) atoms. The lowest BCUT2D eigenvalue weighted by atomic mass is 10.0. The maximum Gasteiger partial charge on any atom is 0.162 e. The van der Waals surface area contributed by atoms with E-state index in [1.54, 1.807) is 0 Å². The van der Waals surface area contributed by atoms with E-state index in [4.69, 9.17) is 0 Å². The van der Waals surface area contributed by atoms with Gasteiger partial charge >= 0.3 is 0 Å². The van der Waals surface area contributed by atoms with Crippen molar-refractivity contribution in [2.45, 2.75) is 45.6 Å². The first-order valence-electron chi connectivity index (χ1n) is 7.60. The molecule has 1 fully saturated rings. The van der Waals surface area contributed by atoms with Gasteiger partial charge < -0.3 is 4.90 Å². The molecule has 1 saturated heterocycles. The fraction of sp³-hybridized carbons (Fsp3) is 0.588. The van der Waals surface area contributed by atoms with Crippen LogP contribution in [0.15, 0.2) is 28.7 Å². The highest BCUT2D eigenvalue weighted by Gasteiger charge is 2.26. The number of Topliss-reactive ketones (excluding diaryl/α,β-unsaturated/α-hetero) is 1. The van der Waals surface area contributed by atoms with Crippen LogP contribution in [0.3, 0.4) is 0 Å². The van der Waals surface area contributed by atoms with Crippen LogP contribution in [0, 0.1) is 5.92 Å². The molecule has 1 unspecified atom stereocenters. The number of carbonyl (C=O) groups excluding carboxylic acids is 1. The van der Waals surface area contributed by atoms with Gasteiger partial charge in [0.15, 0.2) is 5.78 Å². The van der Waals surface area contributed by atoms with Crippen LogP contribution in [-0.4, -0.2) is 29.8 Å². The average molecular weight is 338 g/mol. The van der Waals surface area contributed by atoms with Gasteiger partial charge in [-0.05, 0) is 50.4 Å². The Kier molecular flexibility index (Phi) is 5.79. The number of rotatable bonds is 6. The Morgan fingerprint density at radius 2 is 2.05 bits per heavy atom. The first-order chi connectivity index (χ1) is 9.58. The summed E-state index contributed by atoms with van der Waals surface area (Å²) in [4.78, 5) is 14.7. The number of likely N-dealkylation sites (tertiary alicyclic amines) is 1. The minimum Gasteiger partial charge on any atom is -0.300 e. The van der Waals surface area contributed by atoms with Crippen molar-refractivity contribution < 1.29 is 4.79 Å². The highest BCUT2D eigenvalue weighted by atomic mass is 79.9. The summed E-state index contributed by atoms with van der Waals surface area (Å²) in [6.45, 7) is 6.87. The fourth-order valence-corrected chi connectivity index (χ4v) is 3.37. The molecule has 0 amide bonds. The third-order valence-electron chi connectivity index (χ3n) is 4.20. The molecule has 0 N–H and O–H groups in total. The Morgan fingerprint density at radius 1 is 1.35 bits per heavy atom. The molecule has 0 bridgehead atoms. The van der Waals surface area contributed by atoms with Gasteiger partial charge in [-0.3, -0.25) is 4.79 Å². The standard InChI is InChI=1S/C17H24BrNO/c1-13(2)16-5-3-11-19(16)12-4-6-17(20)14-7-9-15(18)10-8-14/h7-10,13,16H,3-6,11-12H2,1-2H3. The number of carbonyl (C=O) groups is 1. The number of ketones is 1. The lowest BCUT2D eigenvalue weighted by Crippen LogP contribution is -2.34. The van der Waals surface area contributed by atoms with Crippen LogP contribution in [0.1, 0.15) is 49.9 Å². The summed E-state index contributed by atoms with van der Waals surface area (Å²) < 4.78 is 1.02. The SMILES string of the molecule is CC(C)C1CCCN1CCCC(=O)c1ccc(Br)cc1. The predicted molar refractivity (Wildman–Crippen MR) is 87.1 cm³/mol. The molecule has 3 heteroatoms. The summed E-state index contributed by atoms with van der Waals surface area (Å²) in [5.41, 5.74) is 0.829. The molecule has 0 aliphatic carbocycles. The third-order valence-corrected chi connectivity index (χ3v) is 4.73. The number of hydrogen-bond acceptors (Lipinski definition) is 2. The molecule has 1 heterocycles. The minimum absolute atomic E-state index is 0.262. The van der Waals surface area contributed by atoms with E-state index in [2.05, 4.69) is 34.7 Å². The van der Waals surface area contributed by atoms with E-state index in [-0.39, 0.29) is 5.78 Å². The van der Waals surface area contributed by atoms with Crippen LogP contribution < -0.4 is 0 Å². The molecule has 1 aliphatic rings. The van der Waals surface area contributed by atoms with Crippen molar-refractivity contribution in [3.63, 3.8) is 0 Å². The third kappa shape index (κ3) is 4.16. The molecule has 2 rings (SSSR count). The fourth-order valence-electron chi connectivity index (χ4n) is 3.11. The molecule has 0 saturated carbocycles. The van der Waals surface area contributed by atoms with Gasteiger partial charge in [0.25, 0.3) is 0 Å². The molecule has 1 aromatic rings. The minimum atomic E-state index is 0.262. The first kappa shape index (κ1) is 15.7. The van der Waals surface area contributed by atoms with E-state index in [0.717, 1.165) is 35.0 Å². The van der Waals surface area contributed by atoms with Gasteiger partial charge in [-0.2, -0.15) is 0 Å². The molecular weight excluding hydrogens is 314 g/mol. The van der Waals surface area contributed by atoms with Crippen molar-refractivity contribution in [3.05, 3.63) is 34.3 Å². The number of hydrogen-bond donors (Lipinski definition) is 0. The van der Waals surface area contributed by atoms with Crippen molar-refractivity contribution in [1.82, 2.24) is 4.90 Å². The monoisotopic (exact) mass is 337 g/mol. The van der Waals surface area contributed by atoms with Gasteiger partial charge in [0.1, 0.15) is 0 Å². The number of nitrogens with zero attached hydrogens (tertiary/aromatic N) is 1. The van der Waals surface area contributed by atoms with Gasteiger partial charge in [0, 0.05) is 22.5 Å². The first-order valence-corrected chi connectivity index (χ1v) is 8.40. The maximum absolute atomic E-state index is 12.1. The summed E-state index contributed by atoms with van der Waals surface area (Å²) in [6, 6.07) is 8.39. The molecule has 110 valence electrons. The Bertz CT molecular complexity index is 441. The zero-order valence-electron chi connectivity index (χ0n) is 12.4. The summed E-state index contributed by atoms with van der Waals surface area (Å²) in [5, 5.41) is 0. The van der Waals surface area contributed by atoms with Crippen LogP contribution in [-0.2, 0) is 0 Å². The highest BCUT2D eigenvalue weighted by molar-refractivity contribution is 9.10. The van der Waals surface area contributed by atoms with Gasteiger partial charge in [-0.1, -0.05) is 41.9 Å². The van der Waals surface area contributed by atoms with Gasteiger partial charge in [0.05, 0.1) is 0 Å². The quantitative estimate of drug-likeness (QED) is 0.710. The van der Waals surface area contributed by atoms with E-state index in [1.807, 2.05) is 24.3 Å². The van der Waals surface area contributed by atoms with Crippen molar-refractivity contribution in [3.8, 4) is 0 Å². The van der Waals surface area contributed by atoms with E-state index < -0.39 is 0 Å². The topological polar surface area (TPSA) is 20.3 Å². The Labute approximate surface area is 130 Å². The van der Waals surface area contributed by atoms with Crippen LogP contribution in [0.25, 0.3) is 0 Å². The second kappa shape index (κ2) is 7.37. The summed E-state index contributed by atoms with van der Waals surface area (Å²) >= 11 is 3.39. The van der Waals surface area contributed by atoms with Gasteiger partial charge in [-0.25, -0.2) is 0 Å². The number of halogens is 1. The van der Waals surface area contributed by atoms with E-state index in [1.165, 1.54) is 19.4 Å². The largest absolute Gasteiger partial charge is 0.300 e. The number of benzene rings is 1. The lowest BCUT2D eigenvalue weighted by molar-refractivity contribution is 0.0971. The average Bonchev–Trinajstić information content (AvgIpc) is 2.88. The summed E-state index contributed by atoms with van der Waals surface area (Å²) in [7, 11) is 0. The van der Waals surface area contributed by atoms with Crippen LogP contribution in [0.4, 0.5) is 0 Å². The smallest absolute Gasteiger partial charge is 0.162 e. The van der Waals surface area contributed by atoms with Crippen molar-refractivity contribution in [2.24, 2.45) is 5.92 Å². The molecule has 1 aromatic carbocycles. The van der Waals surface area contributed by atoms with Crippen LogP contribution >= 0.6 is 15.9 Å². The summed E-state index contributed by atoms with van der Waals surface area (Å²) in [6.07, 6.45) is 4.25. The van der Waals surface area contributed by atoms with E-state index in [9.17, 15) is 4.79 Å². The lowest BCUT2D eigenvalue weighted by Gasteiger charge is -2.27. The van der Waals surface area contributed by atoms with Crippen LogP contribution in [0.5, 0.6) is 0 Å². The molecule has 0 radical (unpaired) electrons. The van der Waals surface area contributed by atoms with Crippen LogP contribution in [0.2, 0.25) is 0 Å². The second-order valence-electron chi connectivity index (χ2n) is 6.02. The maximum atomic E-state index is 12.1. The molecule has 1 atom stereocenters. The van der Waals surface area contributed by atoms with Crippen molar-refractivity contribution >= 4 is 21.7 Å². The van der Waals surface area contributed by atoms with E-state index >= 15 is 0 Å². The van der Waals surface area contributed by atoms with Gasteiger partial charge in [0.2, 0.25) is 0 Å². The zero-order valence-corrected chi connectivity index (χ0v) is 14.0. The van der Waals surface area contributed by atoms with Crippen molar-refractivity contribution in [2.75, 3.05) is 13.1 Å².